The maximum absolute atomic E-state index is 14.0. The van der Waals surface area contributed by atoms with Gasteiger partial charge in [-0.2, -0.15) is 0 Å². The van der Waals surface area contributed by atoms with Gasteiger partial charge in [0, 0.05) is 102 Å². The van der Waals surface area contributed by atoms with E-state index in [-0.39, 0.29) is 40.3 Å². The molecular formula is C55H41ClF8N6O6. The lowest BCUT2D eigenvalue weighted by molar-refractivity contribution is 0.0137. The van der Waals surface area contributed by atoms with Crippen molar-refractivity contribution in [3.63, 3.8) is 0 Å². The van der Waals surface area contributed by atoms with Gasteiger partial charge in [0.25, 0.3) is 18.8 Å². The molecule has 0 N–H and O–H groups in total. The van der Waals surface area contributed by atoms with Gasteiger partial charge in [0.15, 0.2) is 11.6 Å². The zero-order valence-corrected chi connectivity index (χ0v) is 41.0. The van der Waals surface area contributed by atoms with E-state index >= 15 is 0 Å². The molecule has 0 aliphatic rings. The van der Waals surface area contributed by atoms with E-state index in [9.17, 15) is 35.1 Å². The number of alkyl halides is 6. The number of aromatic nitrogens is 6. The number of halogens is 9. The van der Waals surface area contributed by atoms with Crippen LogP contribution in [0, 0.1) is 11.6 Å². The van der Waals surface area contributed by atoms with Gasteiger partial charge in [-0.25, -0.2) is 50.1 Å². The van der Waals surface area contributed by atoms with Crippen LogP contribution < -0.4 is 28.4 Å². The van der Waals surface area contributed by atoms with Crippen LogP contribution in [-0.2, 0) is 5.92 Å². The van der Waals surface area contributed by atoms with Crippen LogP contribution in [0.4, 0.5) is 35.1 Å². The third-order valence-electron chi connectivity index (χ3n) is 10.6. The number of pyridine rings is 6. The highest BCUT2D eigenvalue weighted by atomic mass is 35.5. The lowest BCUT2D eigenvalue weighted by Gasteiger charge is -2.14. The first-order valence-electron chi connectivity index (χ1n) is 22.3. The predicted octanol–water partition coefficient (Wildman–Crippen LogP) is 15.8. The molecule has 0 amide bonds. The fourth-order valence-corrected chi connectivity index (χ4v) is 7.29. The van der Waals surface area contributed by atoms with Crippen molar-refractivity contribution in [1.29, 1.82) is 0 Å². The van der Waals surface area contributed by atoms with Crippen molar-refractivity contribution in [3.8, 4) is 85.5 Å². The van der Waals surface area contributed by atoms with Crippen LogP contribution >= 0.6 is 11.6 Å². The van der Waals surface area contributed by atoms with Gasteiger partial charge in [-0.1, -0.05) is 11.6 Å². The van der Waals surface area contributed by atoms with E-state index in [1.807, 2.05) is 0 Å². The largest absolute Gasteiger partial charge is 0.496 e. The molecule has 9 rings (SSSR count). The van der Waals surface area contributed by atoms with Gasteiger partial charge in [0.2, 0.25) is 17.6 Å². The quantitative estimate of drug-likeness (QED) is 0.0905. The van der Waals surface area contributed by atoms with Crippen LogP contribution in [0.2, 0.25) is 5.02 Å². The van der Waals surface area contributed by atoms with Gasteiger partial charge < -0.3 is 28.4 Å². The number of methoxy groups -OCH3 is 3. The fourth-order valence-electron chi connectivity index (χ4n) is 7.05. The Labute approximate surface area is 434 Å². The molecule has 0 saturated heterocycles. The summed E-state index contributed by atoms with van der Waals surface area (Å²) in [6, 6.07) is 26.1. The lowest BCUT2D eigenvalue weighted by atomic mass is 10.1. The Morgan fingerprint density at radius 1 is 0.461 bits per heavy atom. The smallest absolute Gasteiger partial charge is 0.273 e. The summed E-state index contributed by atoms with van der Waals surface area (Å²) in [5.41, 5.74) is 2.39. The monoisotopic (exact) mass is 1070 g/mol. The topological polar surface area (TPSA) is 133 Å². The lowest BCUT2D eigenvalue weighted by Crippen LogP contribution is -2.09. The Bertz CT molecular complexity index is 3230. The average molecular weight is 1070 g/mol. The summed E-state index contributed by atoms with van der Waals surface area (Å²) in [6.07, 6.45) is 8.21. The second kappa shape index (κ2) is 25.4. The molecule has 0 aliphatic heterocycles. The van der Waals surface area contributed by atoms with Crippen molar-refractivity contribution in [2.45, 2.75) is 25.7 Å². The summed E-state index contributed by atoms with van der Waals surface area (Å²) in [4.78, 5) is 24.5. The third-order valence-corrected chi connectivity index (χ3v) is 10.9. The second-order valence-electron chi connectivity index (χ2n) is 15.6. The van der Waals surface area contributed by atoms with Crippen molar-refractivity contribution in [3.05, 3.63) is 198 Å². The zero-order valence-electron chi connectivity index (χ0n) is 40.3. The zero-order chi connectivity index (χ0) is 54.4. The van der Waals surface area contributed by atoms with Crippen molar-refractivity contribution in [1.82, 2.24) is 29.9 Å². The average Bonchev–Trinajstić information content (AvgIpc) is 3.43. The Balaban J connectivity index is 0.000000166. The van der Waals surface area contributed by atoms with Crippen molar-refractivity contribution >= 4 is 11.6 Å². The number of benzene rings is 3. The van der Waals surface area contributed by atoms with Gasteiger partial charge in [-0.15, -0.1) is 0 Å². The minimum atomic E-state index is -3.28. The van der Waals surface area contributed by atoms with Gasteiger partial charge in [-0.3, -0.25) is 15.0 Å². The highest BCUT2D eigenvalue weighted by Crippen LogP contribution is 2.42. The number of nitrogens with zero attached hydrogens (tertiary/aromatic N) is 6. The fraction of sp³-hybridized carbons (Fsp3) is 0.127. The minimum absolute atomic E-state index is 0.0147. The molecule has 0 saturated carbocycles. The number of ether oxygens (including phenoxy) is 6. The third kappa shape index (κ3) is 13.6. The molecule has 0 aliphatic carbocycles. The van der Waals surface area contributed by atoms with E-state index in [0.717, 1.165) is 18.3 Å². The molecule has 6 aromatic heterocycles. The highest BCUT2D eigenvalue weighted by Gasteiger charge is 2.29. The normalized spacial score (nSPS) is 10.9. The van der Waals surface area contributed by atoms with Crippen LogP contribution in [0.1, 0.15) is 36.5 Å². The Morgan fingerprint density at radius 3 is 1.37 bits per heavy atom. The van der Waals surface area contributed by atoms with E-state index in [1.54, 1.807) is 67.3 Å². The van der Waals surface area contributed by atoms with Crippen molar-refractivity contribution in [2.75, 3.05) is 21.3 Å². The standard InChI is InChI=1S/C19H15F3N2O2.C18H13ClF2N2O2.C18H13F3N2O2/c1-19(21,22)15-6-5-12(10-16(15)20)26-18-13(4-3-8-24-18)14-11-23-9-7-17(14)25-2;2*1-24-16-14(9-22-10-15(16)19)13-3-2-8-23-18(13)25-12-6-4-11(5-7-12)17(20)21/h3-11H,1-2H3;2*2-10,17H,1H3. The van der Waals surface area contributed by atoms with Gasteiger partial charge >= 0.3 is 0 Å². The molecule has 9 aromatic rings. The Hall–Kier alpha value is -8.91. The second-order valence-corrected chi connectivity index (χ2v) is 16.0. The van der Waals surface area contributed by atoms with Gasteiger partial charge in [0.05, 0.1) is 38.7 Å². The molecule has 390 valence electrons. The summed E-state index contributed by atoms with van der Waals surface area (Å²) in [7, 11) is 4.38. The Kier molecular flexibility index (Phi) is 18.3. The molecule has 0 atom stereocenters. The number of hydrogen-bond acceptors (Lipinski definition) is 12. The predicted molar refractivity (Wildman–Crippen MR) is 266 cm³/mol. The summed E-state index contributed by atoms with van der Waals surface area (Å²) in [5.74, 6) is -2.51. The van der Waals surface area contributed by atoms with E-state index in [2.05, 4.69) is 29.9 Å². The van der Waals surface area contributed by atoms with Crippen LogP contribution in [0.5, 0.6) is 52.1 Å². The molecule has 0 spiro atoms. The highest BCUT2D eigenvalue weighted by molar-refractivity contribution is 6.32. The van der Waals surface area contributed by atoms with Crippen molar-refractivity contribution < 1.29 is 63.5 Å². The summed E-state index contributed by atoms with van der Waals surface area (Å²) < 4.78 is 138. The first-order chi connectivity index (χ1) is 36.6. The molecule has 3 aromatic carbocycles. The van der Waals surface area contributed by atoms with E-state index in [1.165, 1.54) is 101 Å². The molecule has 76 heavy (non-hydrogen) atoms. The minimum Gasteiger partial charge on any atom is -0.496 e. The molecular weight excluding hydrogens is 1030 g/mol. The van der Waals surface area contributed by atoms with Gasteiger partial charge in [-0.05, 0) is 103 Å². The molecule has 21 heteroatoms. The van der Waals surface area contributed by atoms with E-state index < -0.39 is 36.0 Å². The number of rotatable bonds is 15. The van der Waals surface area contributed by atoms with Crippen molar-refractivity contribution in [2.24, 2.45) is 0 Å². The summed E-state index contributed by atoms with van der Waals surface area (Å²) in [5, 5.41) is 0.357. The summed E-state index contributed by atoms with van der Waals surface area (Å²) >= 11 is 6.12. The summed E-state index contributed by atoms with van der Waals surface area (Å²) in [6.45, 7) is 0.636. The molecule has 0 unspecified atom stereocenters. The molecule has 6 heterocycles. The number of hydrogen-bond donors (Lipinski definition) is 0. The maximum Gasteiger partial charge on any atom is 0.273 e. The van der Waals surface area contributed by atoms with Crippen LogP contribution in [0.3, 0.4) is 0 Å². The van der Waals surface area contributed by atoms with Crippen LogP contribution in [-0.4, -0.2) is 51.2 Å². The molecule has 12 nitrogen and oxygen atoms in total. The van der Waals surface area contributed by atoms with Crippen LogP contribution in [0.15, 0.2) is 165 Å². The Morgan fingerprint density at radius 2 is 0.908 bits per heavy atom. The van der Waals surface area contributed by atoms with Gasteiger partial charge in [0.1, 0.15) is 39.6 Å². The molecule has 0 radical (unpaired) electrons. The molecule has 0 fully saturated rings. The molecule has 0 bridgehead atoms. The van der Waals surface area contributed by atoms with Crippen LogP contribution in [0.25, 0.3) is 33.4 Å². The van der Waals surface area contributed by atoms with E-state index in [0.29, 0.717) is 68.3 Å². The van der Waals surface area contributed by atoms with E-state index in [4.69, 9.17) is 40.0 Å². The first-order valence-corrected chi connectivity index (χ1v) is 22.6. The first kappa shape index (κ1) is 54.9. The SMILES string of the molecule is COc1c(Cl)cncc1-c1cccnc1Oc1ccc(C(F)F)cc1.COc1c(F)cncc1-c1cccnc1Oc1ccc(C(F)F)cc1.COc1ccncc1-c1cccnc1Oc1ccc(C(C)(F)F)c(F)c1. The maximum atomic E-state index is 14.0.